The van der Waals surface area contributed by atoms with Crippen LogP contribution in [0.4, 0.5) is 5.69 Å². The van der Waals surface area contributed by atoms with Gasteiger partial charge in [-0.15, -0.1) is 0 Å². The minimum atomic E-state index is 0.692. The smallest absolute Gasteiger partial charge is 0.0398 e. The van der Waals surface area contributed by atoms with E-state index >= 15 is 0 Å². The standard InChI is InChI=1S/C18H30N2/c1-4-17(19-5-2)10-8-12-20-14-15(3)13-16-9-6-7-11-18(16)20/h6-7,9,11,15,17,19H,4-5,8,10,12-14H2,1-3H3. The molecule has 0 saturated carbocycles. The third-order valence-corrected chi connectivity index (χ3v) is 4.40. The van der Waals surface area contributed by atoms with E-state index in [1.807, 2.05) is 0 Å². The zero-order valence-corrected chi connectivity index (χ0v) is 13.4. The van der Waals surface area contributed by atoms with Gasteiger partial charge in [-0.3, -0.25) is 0 Å². The predicted molar refractivity (Wildman–Crippen MR) is 88.5 cm³/mol. The third kappa shape index (κ3) is 3.99. The Balaban J connectivity index is 1.90. The third-order valence-electron chi connectivity index (χ3n) is 4.40. The Morgan fingerprint density at radius 1 is 1.30 bits per heavy atom. The molecule has 2 unspecified atom stereocenters. The highest BCUT2D eigenvalue weighted by atomic mass is 15.1. The quantitative estimate of drug-likeness (QED) is 0.812. The van der Waals surface area contributed by atoms with Crippen LogP contribution in [0.5, 0.6) is 0 Å². The second-order valence-electron chi connectivity index (χ2n) is 6.19. The van der Waals surface area contributed by atoms with E-state index in [0.717, 1.165) is 12.5 Å². The summed E-state index contributed by atoms with van der Waals surface area (Å²) in [6.45, 7) is 10.4. The van der Waals surface area contributed by atoms with Gasteiger partial charge >= 0.3 is 0 Å². The zero-order chi connectivity index (χ0) is 14.4. The van der Waals surface area contributed by atoms with Crippen molar-refractivity contribution in [3.8, 4) is 0 Å². The lowest BCUT2D eigenvalue weighted by Gasteiger charge is -2.35. The molecule has 112 valence electrons. The molecule has 2 rings (SSSR count). The van der Waals surface area contributed by atoms with Gasteiger partial charge in [0, 0.05) is 24.8 Å². The molecule has 0 aromatic heterocycles. The van der Waals surface area contributed by atoms with Crippen LogP contribution in [0, 0.1) is 5.92 Å². The maximum Gasteiger partial charge on any atom is 0.0398 e. The molecule has 1 heterocycles. The number of nitrogens with one attached hydrogen (secondary N) is 1. The Hall–Kier alpha value is -1.02. The monoisotopic (exact) mass is 274 g/mol. The first-order valence-corrected chi connectivity index (χ1v) is 8.30. The van der Waals surface area contributed by atoms with Gasteiger partial charge in [0.25, 0.3) is 0 Å². The zero-order valence-electron chi connectivity index (χ0n) is 13.4. The lowest BCUT2D eigenvalue weighted by Crippen LogP contribution is -2.36. The van der Waals surface area contributed by atoms with Crippen LogP contribution in [0.25, 0.3) is 0 Å². The Morgan fingerprint density at radius 2 is 2.10 bits per heavy atom. The van der Waals surface area contributed by atoms with E-state index in [1.165, 1.54) is 50.0 Å². The van der Waals surface area contributed by atoms with Crippen LogP contribution in [0.15, 0.2) is 24.3 Å². The fourth-order valence-corrected chi connectivity index (χ4v) is 3.39. The van der Waals surface area contributed by atoms with Crippen molar-refractivity contribution in [1.29, 1.82) is 0 Å². The second kappa shape index (κ2) is 7.68. The van der Waals surface area contributed by atoms with E-state index in [0.29, 0.717) is 6.04 Å². The number of nitrogens with zero attached hydrogens (tertiary/aromatic N) is 1. The van der Waals surface area contributed by atoms with Crippen molar-refractivity contribution >= 4 is 5.69 Å². The summed E-state index contributed by atoms with van der Waals surface area (Å²) in [7, 11) is 0. The molecule has 0 amide bonds. The summed E-state index contributed by atoms with van der Waals surface area (Å²) in [4.78, 5) is 2.60. The second-order valence-corrected chi connectivity index (χ2v) is 6.19. The summed E-state index contributed by atoms with van der Waals surface area (Å²) in [5, 5.41) is 3.58. The molecule has 0 radical (unpaired) electrons. The molecule has 20 heavy (non-hydrogen) atoms. The highest BCUT2D eigenvalue weighted by Gasteiger charge is 2.20. The Labute approximate surface area is 124 Å². The molecule has 1 aromatic rings. The van der Waals surface area contributed by atoms with Gasteiger partial charge in [0.2, 0.25) is 0 Å². The van der Waals surface area contributed by atoms with E-state index in [4.69, 9.17) is 0 Å². The van der Waals surface area contributed by atoms with Crippen molar-refractivity contribution in [1.82, 2.24) is 5.32 Å². The van der Waals surface area contributed by atoms with Gasteiger partial charge in [0.15, 0.2) is 0 Å². The molecular formula is C18H30N2. The molecule has 0 spiro atoms. The van der Waals surface area contributed by atoms with Gasteiger partial charge < -0.3 is 10.2 Å². The van der Waals surface area contributed by atoms with Gasteiger partial charge in [-0.25, -0.2) is 0 Å². The first kappa shape index (κ1) is 15.4. The van der Waals surface area contributed by atoms with Crippen molar-refractivity contribution in [2.24, 2.45) is 5.92 Å². The summed E-state index contributed by atoms with van der Waals surface area (Å²) >= 11 is 0. The molecule has 0 bridgehead atoms. The van der Waals surface area contributed by atoms with Crippen molar-refractivity contribution < 1.29 is 0 Å². The molecule has 0 fully saturated rings. The summed E-state index contributed by atoms with van der Waals surface area (Å²) < 4.78 is 0. The average molecular weight is 274 g/mol. The van der Waals surface area contributed by atoms with Crippen molar-refractivity contribution in [2.75, 3.05) is 24.5 Å². The number of rotatable bonds is 7. The molecule has 1 aliphatic rings. The van der Waals surface area contributed by atoms with E-state index < -0.39 is 0 Å². The molecule has 1 aromatic carbocycles. The highest BCUT2D eigenvalue weighted by Crippen LogP contribution is 2.29. The van der Waals surface area contributed by atoms with Crippen LogP contribution in [0.1, 0.15) is 45.6 Å². The van der Waals surface area contributed by atoms with Crippen LogP contribution < -0.4 is 10.2 Å². The molecule has 2 atom stereocenters. The average Bonchev–Trinajstić information content (AvgIpc) is 2.46. The number of fused-ring (bicyclic) bond motifs is 1. The van der Waals surface area contributed by atoms with E-state index in [2.05, 4.69) is 55.3 Å². The van der Waals surface area contributed by atoms with Gasteiger partial charge in [-0.05, 0) is 49.8 Å². The summed E-state index contributed by atoms with van der Waals surface area (Å²) in [5.74, 6) is 0.778. The number of benzene rings is 1. The van der Waals surface area contributed by atoms with Gasteiger partial charge in [0.05, 0.1) is 0 Å². The molecule has 0 saturated heterocycles. The Morgan fingerprint density at radius 3 is 2.85 bits per heavy atom. The first-order valence-electron chi connectivity index (χ1n) is 8.30. The Kier molecular flexibility index (Phi) is 5.90. The van der Waals surface area contributed by atoms with E-state index in [9.17, 15) is 0 Å². The summed E-state index contributed by atoms with van der Waals surface area (Å²) in [6.07, 6.45) is 5.05. The number of anilines is 1. The maximum atomic E-state index is 3.58. The highest BCUT2D eigenvalue weighted by molar-refractivity contribution is 5.55. The largest absolute Gasteiger partial charge is 0.371 e. The Bertz CT molecular complexity index is 402. The van der Waals surface area contributed by atoms with Crippen LogP contribution in [0.3, 0.4) is 0 Å². The van der Waals surface area contributed by atoms with Crippen LogP contribution >= 0.6 is 0 Å². The predicted octanol–water partition coefficient (Wildman–Crippen LogP) is 3.85. The number of para-hydroxylation sites is 1. The van der Waals surface area contributed by atoms with Crippen LogP contribution in [-0.2, 0) is 6.42 Å². The molecular weight excluding hydrogens is 244 g/mol. The van der Waals surface area contributed by atoms with Crippen LogP contribution in [-0.4, -0.2) is 25.7 Å². The van der Waals surface area contributed by atoms with E-state index in [-0.39, 0.29) is 0 Å². The normalized spacial score (nSPS) is 19.8. The molecule has 0 aliphatic carbocycles. The maximum absolute atomic E-state index is 3.58. The fourth-order valence-electron chi connectivity index (χ4n) is 3.39. The number of hydrogen-bond donors (Lipinski definition) is 1. The van der Waals surface area contributed by atoms with Crippen molar-refractivity contribution in [3.63, 3.8) is 0 Å². The van der Waals surface area contributed by atoms with Gasteiger partial charge in [-0.1, -0.05) is 39.0 Å². The van der Waals surface area contributed by atoms with Gasteiger partial charge in [-0.2, -0.15) is 0 Å². The topological polar surface area (TPSA) is 15.3 Å². The lowest BCUT2D eigenvalue weighted by atomic mass is 9.93. The SMILES string of the molecule is CCNC(CC)CCCN1CC(C)Cc2ccccc21. The minimum Gasteiger partial charge on any atom is -0.371 e. The lowest BCUT2D eigenvalue weighted by molar-refractivity contribution is 0.456. The van der Waals surface area contributed by atoms with Gasteiger partial charge in [0.1, 0.15) is 0 Å². The summed E-state index contributed by atoms with van der Waals surface area (Å²) in [5.41, 5.74) is 3.01. The molecule has 1 aliphatic heterocycles. The minimum absolute atomic E-state index is 0.692. The number of hydrogen-bond acceptors (Lipinski definition) is 2. The molecule has 1 N–H and O–H groups in total. The van der Waals surface area contributed by atoms with E-state index in [1.54, 1.807) is 0 Å². The molecule has 2 heteroatoms. The van der Waals surface area contributed by atoms with Crippen molar-refractivity contribution in [2.45, 2.75) is 52.5 Å². The first-order chi connectivity index (χ1) is 9.74. The van der Waals surface area contributed by atoms with Crippen LogP contribution in [0.2, 0.25) is 0 Å². The summed E-state index contributed by atoms with van der Waals surface area (Å²) in [6, 6.07) is 9.63. The van der Waals surface area contributed by atoms with Crippen molar-refractivity contribution in [3.05, 3.63) is 29.8 Å². The fraction of sp³-hybridized carbons (Fsp3) is 0.667. The molecule has 2 nitrogen and oxygen atoms in total.